The molecule has 3 N–H and O–H groups in total. The van der Waals surface area contributed by atoms with E-state index in [1.165, 1.54) is 11.3 Å². The first-order chi connectivity index (χ1) is 11.9. The topological polar surface area (TPSA) is 89.3 Å². The number of benzene rings is 1. The van der Waals surface area contributed by atoms with Crippen molar-refractivity contribution in [3.05, 3.63) is 51.4 Å². The van der Waals surface area contributed by atoms with E-state index in [4.69, 9.17) is 5.73 Å². The molecule has 2 amide bonds. The molecule has 1 aliphatic rings. The minimum absolute atomic E-state index is 0.145. The molecule has 0 unspecified atom stereocenters. The highest BCUT2D eigenvalue weighted by molar-refractivity contribution is 7.17. The van der Waals surface area contributed by atoms with E-state index in [9.17, 15) is 14.4 Å². The van der Waals surface area contributed by atoms with Gasteiger partial charge in [0.1, 0.15) is 10.8 Å². The first kappa shape index (κ1) is 17.4. The Morgan fingerprint density at radius 3 is 2.44 bits per heavy atom. The predicted molar refractivity (Wildman–Crippen MR) is 98.4 cm³/mol. The van der Waals surface area contributed by atoms with Gasteiger partial charge in [-0.25, -0.2) is 0 Å². The number of nitrogens with one attached hydrogen (secondary N) is 1. The van der Waals surface area contributed by atoms with Gasteiger partial charge in [0, 0.05) is 23.3 Å². The van der Waals surface area contributed by atoms with Crippen molar-refractivity contribution in [1.82, 2.24) is 0 Å². The molecular weight excluding hydrogens is 336 g/mol. The minimum Gasteiger partial charge on any atom is -0.365 e. The maximum Gasteiger partial charge on any atom is 0.256 e. The smallest absolute Gasteiger partial charge is 0.256 e. The molecule has 0 saturated carbocycles. The summed E-state index contributed by atoms with van der Waals surface area (Å²) in [6.45, 7) is 4.18. The molecular formula is C19H20N2O3S. The van der Waals surface area contributed by atoms with Gasteiger partial charge in [-0.05, 0) is 35.6 Å². The summed E-state index contributed by atoms with van der Waals surface area (Å²) >= 11 is 1.27. The summed E-state index contributed by atoms with van der Waals surface area (Å²) in [5, 5.41) is 3.23. The number of hydrogen-bond acceptors (Lipinski definition) is 4. The van der Waals surface area contributed by atoms with Gasteiger partial charge in [-0.15, -0.1) is 11.3 Å². The number of amides is 2. The van der Waals surface area contributed by atoms with Crippen LogP contribution in [0.25, 0.3) is 0 Å². The lowest BCUT2D eigenvalue weighted by molar-refractivity contribution is -0.118. The summed E-state index contributed by atoms with van der Waals surface area (Å²) in [7, 11) is 0. The Morgan fingerprint density at radius 2 is 1.84 bits per heavy atom. The Morgan fingerprint density at radius 1 is 1.16 bits per heavy atom. The molecule has 0 radical (unpaired) electrons. The van der Waals surface area contributed by atoms with E-state index in [0.717, 1.165) is 16.0 Å². The van der Waals surface area contributed by atoms with Gasteiger partial charge in [0.05, 0.1) is 5.56 Å². The van der Waals surface area contributed by atoms with Gasteiger partial charge in [-0.3, -0.25) is 14.4 Å². The van der Waals surface area contributed by atoms with Gasteiger partial charge in [0.15, 0.2) is 0 Å². The van der Waals surface area contributed by atoms with Crippen LogP contribution < -0.4 is 11.1 Å². The zero-order valence-electron chi connectivity index (χ0n) is 14.2. The molecule has 1 aromatic carbocycles. The van der Waals surface area contributed by atoms with Crippen LogP contribution in [0.1, 0.15) is 62.9 Å². The van der Waals surface area contributed by atoms with E-state index in [0.29, 0.717) is 41.3 Å². The largest absolute Gasteiger partial charge is 0.365 e. The number of primary amides is 1. The number of anilines is 1. The third-order valence-electron chi connectivity index (χ3n) is 4.42. The number of Topliss-reactive ketones (excluding diaryl/α,β-unsaturated/α-hetero) is 1. The molecule has 6 heteroatoms. The van der Waals surface area contributed by atoms with E-state index >= 15 is 0 Å². The van der Waals surface area contributed by atoms with Crippen LogP contribution in [0.3, 0.4) is 0 Å². The Balaban J connectivity index is 1.88. The third-order valence-corrected chi connectivity index (χ3v) is 5.56. The molecule has 0 bridgehead atoms. The first-order valence-electron chi connectivity index (χ1n) is 8.24. The quantitative estimate of drug-likeness (QED) is 0.881. The number of carbonyl (C=O) groups is 3. The maximum atomic E-state index is 12.5. The highest BCUT2D eigenvalue weighted by atomic mass is 32.1. The monoisotopic (exact) mass is 356 g/mol. The Labute approximate surface area is 150 Å². The van der Waals surface area contributed by atoms with E-state index in [-0.39, 0.29) is 11.7 Å². The Kier molecular flexibility index (Phi) is 4.72. The Hall–Kier alpha value is -2.47. The van der Waals surface area contributed by atoms with Gasteiger partial charge in [0.2, 0.25) is 0 Å². The number of nitrogens with two attached hydrogens (primary N) is 1. The predicted octanol–water partition coefficient (Wildman–Crippen LogP) is 3.28. The zero-order chi connectivity index (χ0) is 18.1. The second-order valence-electron chi connectivity index (χ2n) is 6.52. The fraction of sp³-hybridized carbons (Fsp3) is 0.316. The molecule has 0 aliphatic heterocycles. The lowest BCUT2D eigenvalue weighted by Crippen LogP contribution is -2.19. The van der Waals surface area contributed by atoms with Crippen LogP contribution in [0.5, 0.6) is 0 Å². The first-order valence-corrected chi connectivity index (χ1v) is 9.05. The lowest BCUT2D eigenvalue weighted by Gasteiger charge is -2.10. The molecule has 130 valence electrons. The van der Waals surface area contributed by atoms with E-state index in [1.807, 2.05) is 12.1 Å². The van der Waals surface area contributed by atoms with Crippen LogP contribution in [0.15, 0.2) is 24.3 Å². The van der Waals surface area contributed by atoms with Crippen molar-refractivity contribution in [1.29, 1.82) is 0 Å². The molecule has 0 atom stereocenters. The summed E-state index contributed by atoms with van der Waals surface area (Å²) in [5.74, 6) is -0.327. The molecule has 0 saturated heterocycles. The van der Waals surface area contributed by atoms with Gasteiger partial charge in [-0.2, -0.15) is 0 Å². The third kappa shape index (κ3) is 3.49. The fourth-order valence-electron chi connectivity index (χ4n) is 2.99. The number of fused-ring (bicyclic) bond motifs is 1. The van der Waals surface area contributed by atoms with Gasteiger partial charge in [-0.1, -0.05) is 26.0 Å². The molecule has 25 heavy (non-hydrogen) atoms. The summed E-state index contributed by atoms with van der Waals surface area (Å²) < 4.78 is 0. The van der Waals surface area contributed by atoms with Gasteiger partial charge >= 0.3 is 0 Å². The van der Waals surface area contributed by atoms with E-state index in [2.05, 4.69) is 19.2 Å². The number of thiophene rings is 1. The molecule has 1 aliphatic carbocycles. The van der Waals surface area contributed by atoms with Crippen molar-refractivity contribution >= 4 is 33.9 Å². The van der Waals surface area contributed by atoms with Crippen molar-refractivity contribution in [3.63, 3.8) is 0 Å². The standard InChI is InChI=1S/C19H20N2O3S/c1-10(2)11-3-5-12(6-4-11)18(24)21-19-16(17(20)23)14-8-7-13(22)9-15(14)25-19/h3-6,10H,7-9H2,1-2H3,(H2,20,23)(H,21,24). The summed E-state index contributed by atoms with van der Waals surface area (Å²) in [6, 6.07) is 7.39. The Bertz CT molecular complexity index is 850. The molecule has 1 aromatic heterocycles. The molecule has 3 rings (SSSR count). The number of carbonyl (C=O) groups excluding carboxylic acids is 3. The van der Waals surface area contributed by atoms with Crippen LogP contribution >= 0.6 is 11.3 Å². The van der Waals surface area contributed by atoms with E-state index < -0.39 is 5.91 Å². The van der Waals surface area contributed by atoms with Crippen molar-refractivity contribution in [2.24, 2.45) is 5.73 Å². The fourth-order valence-corrected chi connectivity index (χ4v) is 4.27. The summed E-state index contributed by atoms with van der Waals surface area (Å²) in [4.78, 5) is 36.9. The van der Waals surface area contributed by atoms with Crippen molar-refractivity contribution in [2.75, 3.05) is 5.32 Å². The van der Waals surface area contributed by atoms with Crippen LogP contribution in [0.4, 0.5) is 5.00 Å². The molecule has 0 fully saturated rings. The number of hydrogen-bond donors (Lipinski definition) is 2. The van der Waals surface area contributed by atoms with Crippen molar-refractivity contribution in [3.8, 4) is 0 Å². The molecule has 0 spiro atoms. The van der Waals surface area contributed by atoms with Crippen molar-refractivity contribution in [2.45, 2.75) is 39.0 Å². The number of rotatable bonds is 4. The SMILES string of the molecule is CC(C)c1ccc(C(=O)Nc2sc3c(c2C(N)=O)CCC(=O)C3)cc1. The van der Waals surface area contributed by atoms with E-state index in [1.54, 1.807) is 12.1 Å². The van der Waals surface area contributed by atoms with Gasteiger partial charge in [0.25, 0.3) is 11.8 Å². The lowest BCUT2D eigenvalue weighted by atomic mass is 9.94. The van der Waals surface area contributed by atoms with Gasteiger partial charge < -0.3 is 11.1 Å². The zero-order valence-corrected chi connectivity index (χ0v) is 15.0. The van der Waals surface area contributed by atoms with Crippen LogP contribution in [-0.4, -0.2) is 17.6 Å². The summed E-state index contributed by atoms with van der Waals surface area (Å²) in [5.41, 5.74) is 8.34. The van der Waals surface area contributed by atoms with Crippen LogP contribution in [-0.2, 0) is 17.6 Å². The van der Waals surface area contributed by atoms with Crippen LogP contribution in [0, 0.1) is 0 Å². The summed E-state index contributed by atoms with van der Waals surface area (Å²) in [6.07, 6.45) is 1.22. The highest BCUT2D eigenvalue weighted by Gasteiger charge is 2.27. The minimum atomic E-state index is -0.572. The average molecular weight is 356 g/mol. The second kappa shape index (κ2) is 6.80. The number of ketones is 1. The molecule has 1 heterocycles. The normalized spacial score (nSPS) is 13.6. The maximum absolute atomic E-state index is 12.5. The average Bonchev–Trinajstić information content (AvgIpc) is 2.91. The molecule has 2 aromatic rings. The highest BCUT2D eigenvalue weighted by Crippen LogP contribution is 2.37. The molecule has 5 nitrogen and oxygen atoms in total. The van der Waals surface area contributed by atoms with Crippen molar-refractivity contribution < 1.29 is 14.4 Å². The van der Waals surface area contributed by atoms with Crippen LogP contribution in [0.2, 0.25) is 0 Å². The second-order valence-corrected chi connectivity index (χ2v) is 7.62.